The van der Waals surface area contributed by atoms with E-state index in [1.807, 2.05) is 0 Å². The van der Waals surface area contributed by atoms with Crippen LogP contribution in [0.15, 0.2) is 24.3 Å². The molecule has 290 valence electrons. The third-order valence-electron chi connectivity index (χ3n) is 17.1. The van der Waals surface area contributed by atoms with E-state index in [-0.39, 0.29) is 45.4 Å². The van der Waals surface area contributed by atoms with Crippen molar-refractivity contribution in [2.75, 3.05) is 13.2 Å². The average Bonchev–Trinajstić information content (AvgIpc) is 3.46. The number of nitrogens with one attached hydrogen (secondary N) is 1. The van der Waals surface area contributed by atoms with Crippen molar-refractivity contribution in [1.82, 2.24) is 5.32 Å². The number of fused-ring (bicyclic) bond motifs is 7. The van der Waals surface area contributed by atoms with Crippen molar-refractivity contribution in [2.24, 2.45) is 62.6 Å². The molecule has 5 aliphatic rings. The molecule has 0 aromatic heterocycles. The van der Waals surface area contributed by atoms with Crippen molar-refractivity contribution in [3.05, 3.63) is 35.4 Å². The highest BCUT2D eigenvalue weighted by molar-refractivity contribution is 6.76. The number of esters is 1. The summed E-state index contributed by atoms with van der Waals surface area (Å²) in [7, 11) is -1.27. The highest BCUT2D eigenvalue weighted by Crippen LogP contribution is 2.78. The minimum Gasteiger partial charge on any atom is -0.478 e. The van der Waals surface area contributed by atoms with Gasteiger partial charge in [0.15, 0.2) is 0 Å². The van der Waals surface area contributed by atoms with E-state index in [9.17, 15) is 19.5 Å². The first kappa shape index (κ1) is 39.5. The van der Waals surface area contributed by atoms with Crippen molar-refractivity contribution < 1.29 is 24.2 Å². The van der Waals surface area contributed by atoms with Crippen LogP contribution < -0.4 is 5.32 Å². The van der Waals surface area contributed by atoms with Gasteiger partial charge in [-0.05, 0) is 151 Å². The lowest BCUT2D eigenvalue weighted by atomic mass is 9.31. The number of carbonyl (C=O) groups is 3. The van der Waals surface area contributed by atoms with Crippen LogP contribution >= 0.6 is 0 Å². The molecule has 1 amide bonds. The fraction of sp³-hybridized carbons (Fsp3) is 0.800. The summed E-state index contributed by atoms with van der Waals surface area (Å²) >= 11 is 0. The molecule has 0 heterocycles. The summed E-state index contributed by atoms with van der Waals surface area (Å²) in [4.78, 5) is 38.6. The Morgan fingerprint density at radius 1 is 0.846 bits per heavy atom. The van der Waals surface area contributed by atoms with Gasteiger partial charge in [0.2, 0.25) is 5.91 Å². The summed E-state index contributed by atoms with van der Waals surface area (Å²) in [6, 6.07) is 8.71. The van der Waals surface area contributed by atoms with Gasteiger partial charge >= 0.3 is 11.9 Å². The zero-order chi connectivity index (χ0) is 38.1. The molecule has 5 saturated carbocycles. The summed E-state index contributed by atoms with van der Waals surface area (Å²) in [5.41, 5.74) is 2.10. The first-order valence-electron chi connectivity index (χ1n) is 21.0. The van der Waals surface area contributed by atoms with Crippen LogP contribution in [0.25, 0.3) is 0 Å². The lowest BCUT2D eigenvalue weighted by Gasteiger charge is -2.73. The summed E-state index contributed by atoms with van der Waals surface area (Å²) in [6.45, 7) is 25.5. The fourth-order valence-electron chi connectivity index (χ4n) is 14.2. The van der Waals surface area contributed by atoms with Gasteiger partial charge in [-0.25, -0.2) is 4.79 Å². The van der Waals surface area contributed by atoms with Crippen LogP contribution in [0.5, 0.6) is 0 Å². The lowest BCUT2D eigenvalue weighted by molar-refractivity contribution is -0.239. The topological polar surface area (TPSA) is 92.7 Å². The summed E-state index contributed by atoms with van der Waals surface area (Å²) in [6.07, 6.45) is 11.7. The predicted octanol–water partition coefficient (Wildman–Crippen LogP) is 10.6. The van der Waals surface area contributed by atoms with Gasteiger partial charge in [-0.15, -0.1) is 0 Å². The minimum absolute atomic E-state index is 0.117. The van der Waals surface area contributed by atoms with Crippen molar-refractivity contribution in [2.45, 2.75) is 151 Å². The van der Waals surface area contributed by atoms with Gasteiger partial charge in [0.05, 0.1) is 24.0 Å². The number of carboxylic acid groups (broad SMARTS) is 1. The SMILES string of the molecule is CC(C)[C@@H]1CC[C@]2(C(=O)NCCC(=O)OCC[Si](C)(C)C)CC[C@]3(C)[C@H](CC[C@@H]4[C@@]5(C)CCC(c6ccc(C(=O)O)cc6)C(C)(C)[C@@H]5CC[C@]43C)[C@@H]12. The molecule has 0 radical (unpaired) electrons. The molecule has 1 aromatic rings. The monoisotopic (exact) mass is 734 g/mol. The van der Waals surface area contributed by atoms with E-state index in [0.29, 0.717) is 60.1 Å². The second-order valence-corrected chi connectivity index (χ2v) is 26.8. The van der Waals surface area contributed by atoms with E-state index < -0.39 is 14.0 Å². The number of hydrogen-bond donors (Lipinski definition) is 2. The first-order chi connectivity index (χ1) is 24.2. The zero-order valence-electron chi connectivity index (χ0n) is 34.3. The number of rotatable bonds is 10. The van der Waals surface area contributed by atoms with Crippen LogP contribution in [0.1, 0.15) is 141 Å². The van der Waals surface area contributed by atoms with Gasteiger partial charge in [0, 0.05) is 14.6 Å². The van der Waals surface area contributed by atoms with E-state index >= 15 is 0 Å². The van der Waals surface area contributed by atoms with Crippen LogP contribution in [-0.2, 0) is 14.3 Å². The van der Waals surface area contributed by atoms with Gasteiger partial charge in [-0.1, -0.05) is 80.2 Å². The van der Waals surface area contributed by atoms with Crippen molar-refractivity contribution in [3.63, 3.8) is 0 Å². The van der Waals surface area contributed by atoms with Crippen LogP contribution in [0.3, 0.4) is 0 Å². The normalized spacial score (nSPS) is 39.4. The number of carboxylic acids is 1. The number of carbonyl (C=O) groups excluding carboxylic acids is 2. The van der Waals surface area contributed by atoms with Crippen LogP contribution in [-0.4, -0.2) is 44.2 Å². The van der Waals surface area contributed by atoms with E-state index in [4.69, 9.17) is 4.74 Å². The molecular formula is C45H71NO5Si. The molecule has 52 heavy (non-hydrogen) atoms. The average molecular weight is 734 g/mol. The van der Waals surface area contributed by atoms with E-state index in [1.54, 1.807) is 12.1 Å². The third-order valence-corrected chi connectivity index (χ3v) is 18.8. The molecule has 5 aliphatic carbocycles. The van der Waals surface area contributed by atoms with Crippen LogP contribution in [0.2, 0.25) is 25.7 Å². The Labute approximate surface area is 316 Å². The van der Waals surface area contributed by atoms with E-state index in [0.717, 1.165) is 38.1 Å². The second kappa shape index (κ2) is 13.9. The van der Waals surface area contributed by atoms with E-state index in [2.05, 4.69) is 85.6 Å². The molecular weight excluding hydrogens is 663 g/mol. The Hall–Kier alpha value is -2.15. The maximum Gasteiger partial charge on any atom is 0.335 e. The van der Waals surface area contributed by atoms with Crippen LogP contribution in [0, 0.1) is 62.6 Å². The molecule has 10 atom stereocenters. The fourth-order valence-corrected chi connectivity index (χ4v) is 15.0. The Morgan fingerprint density at radius 3 is 2.17 bits per heavy atom. The molecule has 0 bridgehead atoms. The standard InChI is InChI=1S/C45H71NO5Si/c1-29(2)32-17-23-45(40(50)46-26-20-37(47)51-27-28-52(8,9)10)25-24-43(6)34(38(32)45)15-16-36-42(5)21-18-33(30-11-13-31(14-12-30)39(48)49)41(3,4)35(42)19-22-44(36,43)7/h11-14,29,32-36,38H,15-28H2,1-10H3,(H,46,50)(H,48,49)/t32-,33?,34+,35-,36+,38+,42-,43+,44+,45-/m0/s1. The molecule has 6 nitrogen and oxygen atoms in total. The highest BCUT2D eigenvalue weighted by atomic mass is 28.3. The van der Waals surface area contributed by atoms with Gasteiger partial charge in [-0.3, -0.25) is 9.59 Å². The molecule has 2 N–H and O–H groups in total. The number of amides is 1. The summed E-state index contributed by atoms with van der Waals surface area (Å²) in [5.74, 6) is 2.86. The minimum atomic E-state index is -1.27. The molecule has 1 unspecified atom stereocenters. The van der Waals surface area contributed by atoms with Crippen molar-refractivity contribution >= 4 is 25.9 Å². The quantitative estimate of drug-likeness (QED) is 0.184. The molecule has 5 fully saturated rings. The summed E-state index contributed by atoms with van der Waals surface area (Å²) < 4.78 is 5.55. The molecule has 7 heteroatoms. The van der Waals surface area contributed by atoms with Gasteiger partial charge in [0.25, 0.3) is 0 Å². The Bertz CT molecular complexity index is 1510. The first-order valence-corrected chi connectivity index (χ1v) is 24.7. The maximum atomic E-state index is 14.5. The van der Waals surface area contributed by atoms with Gasteiger partial charge < -0.3 is 15.2 Å². The maximum absolute atomic E-state index is 14.5. The molecule has 6 rings (SSSR count). The molecule has 0 spiro atoms. The lowest BCUT2D eigenvalue weighted by Crippen LogP contribution is -2.67. The Morgan fingerprint density at radius 2 is 1.54 bits per heavy atom. The number of hydrogen-bond acceptors (Lipinski definition) is 4. The zero-order valence-corrected chi connectivity index (χ0v) is 35.3. The smallest absolute Gasteiger partial charge is 0.335 e. The molecule has 1 aromatic carbocycles. The predicted molar refractivity (Wildman–Crippen MR) is 212 cm³/mol. The number of aromatic carboxylic acids is 1. The third kappa shape index (κ3) is 6.42. The number of benzene rings is 1. The second-order valence-electron chi connectivity index (χ2n) is 21.2. The molecule has 0 aliphatic heterocycles. The Balaban J connectivity index is 1.21. The largest absolute Gasteiger partial charge is 0.478 e. The van der Waals surface area contributed by atoms with E-state index in [1.165, 1.54) is 37.7 Å². The number of ether oxygens (including phenoxy) is 1. The van der Waals surface area contributed by atoms with Crippen LogP contribution in [0.4, 0.5) is 0 Å². The summed E-state index contributed by atoms with van der Waals surface area (Å²) in [5, 5.41) is 12.8. The van der Waals surface area contributed by atoms with Crippen molar-refractivity contribution in [1.29, 1.82) is 0 Å². The van der Waals surface area contributed by atoms with Crippen molar-refractivity contribution in [3.8, 4) is 0 Å². The van der Waals surface area contributed by atoms with Gasteiger partial charge in [-0.2, -0.15) is 0 Å². The Kier molecular flexibility index (Phi) is 10.5. The highest BCUT2D eigenvalue weighted by Gasteiger charge is 2.72. The van der Waals surface area contributed by atoms with Gasteiger partial charge in [0.1, 0.15) is 0 Å². The molecule has 0 saturated heterocycles.